The molecule has 0 radical (unpaired) electrons. The number of sulfonamides is 1. The Morgan fingerprint density at radius 2 is 1.90 bits per heavy atom. The molecule has 0 aliphatic heterocycles. The first-order valence-corrected chi connectivity index (χ1v) is 9.82. The molecule has 0 saturated carbocycles. The van der Waals surface area contributed by atoms with E-state index in [1.165, 1.54) is 11.3 Å². The van der Waals surface area contributed by atoms with Gasteiger partial charge in [-0.15, -0.1) is 11.3 Å². The van der Waals surface area contributed by atoms with Gasteiger partial charge in [-0.05, 0) is 44.9 Å². The van der Waals surface area contributed by atoms with Gasteiger partial charge in [0, 0.05) is 17.5 Å². The molecule has 0 amide bonds. The van der Waals surface area contributed by atoms with E-state index in [0.29, 0.717) is 16.7 Å². The molecule has 0 saturated heterocycles. The second-order valence-electron chi connectivity index (χ2n) is 6.05. The summed E-state index contributed by atoms with van der Waals surface area (Å²) in [5.41, 5.74) is 1.03. The molecule has 1 heterocycles. The summed E-state index contributed by atoms with van der Waals surface area (Å²) >= 11 is 1.35. The molecule has 2 N–H and O–H groups in total. The molecule has 1 aromatic rings. The molecule has 122 valence electrons. The normalized spacial score (nSPS) is 13.8. The third kappa shape index (κ3) is 6.06. The summed E-state index contributed by atoms with van der Waals surface area (Å²) in [6.07, 6.45) is 3.07. The lowest BCUT2D eigenvalue weighted by Crippen LogP contribution is -2.32. The fraction of sp³-hybridized carbons (Fsp3) is 0.733. The molecule has 1 rings (SSSR count). The highest BCUT2D eigenvalue weighted by Crippen LogP contribution is 2.26. The molecule has 6 heteroatoms. The fourth-order valence-corrected chi connectivity index (χ4v) is 5.07. The van der Waals surface area contributed by atoms with Crippen LogP contribution >= 0.6 is 11.3 Å². The molecule has 1 unspecified atom stereocenters. The molecule has 0 bridgehead atoms. The van der Waals surface area contributed by atoms with Crippen LogP contribution < -0.4 is 10.0 Å². The molecule has 0 fully saturated rings. The highest BCUT2D eigenvalue weighted by Gasteiger charge is 2.20. The van der Waals surface area contributed by atoms with Gasteiger partial charge in [0.05, 0.1) is 0 Å². The molecule has 0 aliphatic rings. The topological polar surface area (TPSA) is 58.2 Å². The third-order valence-electron chi connectivity index (χ3n) is 3.38. The summed E-state index contributed by atoms with van der Waals surface area (Å²) in [5.74, 6) is 0.665. The highest BCUT2D eigenvalue weighted by molar-refractivity contribution is 7.91. The van der Waals surface area contributed by atoms with Crippen LogP contribution in [0.4, 0.5) is 0 Å². The molecule has 1 aromatic heterocycles. The zero-order valence-electron chi connectivity index (χ0n) is 13.7. The molecular weight excluding hydrogens is 304 g/mol. The zero-order valence-corrected chi connectivity index (χ0v) is 15.3. The number of thiophene rings is 1. The molecule has 0 aromatic carbocycles. The van der Waals surface area contributed by atoms with Crippen molar-refractivity contribution in [2.75, 3.05) is 7.05 Å². The van der Waals surface area contributed by atoms with Crippen molar-refractivity contribution in [3.05, 3.63) is 16.5 Å². The van der Waals surface area contributed by atoms with Crippen LogP contribution in [0, 0.1) is 12.8 Å². The SMILES string of the molecule is CNCc1sc(S(=O)(=O)NC(C)CCCC(C)C)cc1C. The Balaban J connectivity index is 2.66. The fourth-order valence-electron chi connectivity index (χ4n) is 2.17. The minimum atomic E-state index is -3.39. The van der Waals surface area contributed by atoms with Gasteiger partial charge in [0.25, 0.3) is 0 Å². The summed E-state index contributed by atoms with van der Waals surface area (Å²) in [7, 11) is -1.53. The zero-order chi connectivity index (χ0) is 16.0. The predicted molar refractivity (Wildman–Crippen MR) is 90.3 cm³/mol. The van der Waals surface area contributed by atoms with E-state index in [4.69, 9.17) is 0 Å². The maximum Gasteiger partial charge on any atom is 0.250 e. The van der Waals surface area contributed by atoms with Crippen molar-refractivity contribution in [1.29, 1.82) is 0 Å². The molecule has 21 heavy (non-hydrogen) atoms. The van der Waals surface area contributed by atoms with Crippen LogP contribution in [-0.2, 0) is 16.6 Å². The monoisotopic (exact) mass is 332 g/mol. The molecule has 0 spiro atoms. The van der Waals surface area contributed by atoms with Gasteiger partial charge in [0.2, 0.25) is 10.0 Å². The average Bonchev–Trinajstić information content (AvgIpc) is 2.71. The van der Waals surface area contributed by atoms with E-state index in [9.17, 15) is 8.42 Å². The number of nitrogens with one attached hydrogen (secondary N) is 2. The number of hydrogen-bond acceptors (Lipinski definition) is 4. The summed E-state index contributed by atoms with van der Waals surface area (Å²) in [5, 5.41) is 3.06. The third-order valence-corrected chi connectivity index (χ3v) is 6.68. The standard InChI is InChI=1S/C15H28N2O2S2/c1-11(2)7-6-8-13(4)17-21(18,19)15-9-12(3)14(20-15)10-16-5/h9,11,13,16-17H,6-8,10H2,1-5H3. The van der Waals surface area contributed by atoms with Crippen molar-refractivity contribution >= 4 is 21.4 Å². The maximum atomic E-state index is 12.4. The Labute approximate surface area is 133 Å². The van der Waals surface area contributed by atoms with Crippen LogP contribution in [0.5, 0.6) is 0 Å². The van der Waals surface area contributed by atoms with Gasteiger partial charge in [0.15, 0.2) is 0 Å². The van der Waals surface area contributed by atoms with Crippen LogP contribution in [0.1, 0.15) is 50.5 Å². The van der Waals surface area contributed by atoms with Crippen molar-refractivity contribution in [3.63, 3.8) is 0 Å². The average molecular weight is 333 g/mol. The van der Waals surface area contributed by atoms with Gasteiger partial charge < -0.3 is 5.32 Å². The van der Waals surface area contributed by atoms with E-state index >= 15 is 0 Å². The molecular formula is C15H28N2O2S2. The number of hydrogen-bond donors (Lipinski definition) is 2. The minimum Gasteiger partial charge on any atom is -0.315 e. The summed E-state index contributed by atoms with van der Waals surface area (Å²) < 4.78 is 28.0. The first kappa shape index (κ1) is 18.6. The van der Waals surface area contributed by atoms with Gasteiger partial charge in [-0.3, -0.25) is 0 Å². The van der Waals surface area contributed by atoms with Crippen LogP contribution in [-0.4, -0.2) is 21.5 Å². The van der Waals surface area contributed by atoms with E-state index < -0.39 is 10.0 Å². The Morgan fingerprint density at radius 3 is 2.48 bits per heavy atom. The van der Waals surface area contributed by atoms with Gasteiger partial charge in [-0.2, -0.15) is 0 Å². The van der Waals surface area contributed by atoms with Gasteiger partial charge >= 0.3 is 0 Å². The summed E-state index contributed by atoms with van der Waals surface area (Å²) in [4.78, 5) is 1.07. The van der Waals surface area contributed by atoms with Crippen LogP contribution in [0.2, 0.25) is 0 Å². The molecule has 4 nitrogen and oxygen atoms in total. The Hall–Kier alpha value is -0.430. The summed E-state index contributed by atoms with van der Waals surface area (Å²) in [6.45, 7) is 8.97. The van der Waals surface area contributed by atoms with Crippen molar-refractivity contribution < 1.29 is 8.42 Å². The van der Waals surface area contributed by atoms with E-state index in [1.54, 1.807) is 6.07 Å². The Bertz CT molecular complexity index is 536. The van der Waals surface area contributed by atoms with Crippen LogP contribution in [0.3, 0.4) is 0 Å². The maximum absolute atomic E-state index is 12.4. The first-order valence-electron chi connectivity index (χ1n) is 7.52. The van der Waals surface area contributed by atoms with E-state index in [1.807, 2.05) is 20.9 Å². The van der Waals surface area contributed by atoms with Crippen LogP contribution in [0.25, 0.3) is 0 Å². The number of rotatable bonds is 9. The Kier molecular flexibility index (Phi) is 7.33. The van der Waals surface area contributed by atoms with E-state index in [0.717, 1.165) is 29.7 Å². The van der Waals surface area contributed by atoms with Gasteiger partial charge in [0.1, 0.15) is 4.21 Å². The van der Waals surface area contributed by atoms with Crippen molar-refractivity contribution in [1.82, 2.24) is 10.0 Å². The van der Waals surface area contributed by atoms with Crippen molar-refractivity contribution in [2.45, 2.75) is 63.8 Å². The highest BCUT2D eigenvalue weighted by atomic mass is 32.2. The van der Waals surface area contributed by atoms with E-state index in [-0.39, 0.29) is 6.04 Å². The summed E-state index contributed by atoms with van der Waals surface area (Å²) in [6, 6.07) is 1.74. The van der Waals surface area contributed by atoms with E-state index in [2.05, 4.69) is 23.9 Å². The van der Waals surface area contributed by atoms with Gasteiger partial charge in [-0.1, -0.05) is 26.7 Å². The Morgan fingerprint density at radius 1 is 1.24 bits per heavy atom. The molecule has 0 aliphatic carbocycles. The van der Waals surface area contributed by atoms with Crippen molar-refractivity contribution in [3.8, 4) is 0 Å². The lowest BCUT2D eigenvalue weighted by molar-refractivity contribution is 0.489. The molecule has 1 atom stereocenters. The smallest absolute Gasteiger partial charge is 0.250 e. The predicted octanol–water partition coefficient (Wildman–Crippen LogP) is 3.27. The minimum absolute atomic E-state index is 0.0242. The first-order chi connectivity index (χ1) is 9.76. The number of aryl methyl sites for hydroxylation is 1. The largest absolute Gasteiger partial charge is 0.315 e. The lowest BCUT2D eigenvalue weighted by Gasteiger charge is -2.14. The van der Waals surface area contributed by atoms with Crippen molar-refractivity contribution in [2.24, 2.45) is 5.92 Å². The lowest BCUT2D eigenvalue weighted by atomic mass is 10.0. The second kappa shape index (κ2) is 8.27. The van der Waals surface area contributed by atoms with Crippen LogP contribution in [0.15, 0.2) is 10.3 Å². The second-order valence-corrected chi connectivity index (χ2v) is 9.13. The quantitative estimate of drug-likeness (QED) is 0.730. The van der Waals surface area contributed by atoms with Gasteiger partial charge in [-0.25, -0.2) is 13.1 Å².